The van der Waals surface area contributed by atoms with Gasteiger partial charge in [-0.05, 0) is 31.0 Å². The molecular weight excluding hydrogens is 238 g/mol. The van der Waals surface area contributed by atoms with Crippen LogP contribution >= 0.6 is 0 Å². The van der Waals surface area contributed by atoms with E-state index in [0.717, 1.165) is 12.0 Å². The fraction of sp³-hybridized carbons (Fsp3) is 0.625. The Morgan fingerprint density at radius 3 is 2.47 bits per heavy atom. The van der Waals surface area contributed by atoms with Gasteiger partial charge in [-0.25, -0.2) is 0 Å². The van der Waals surface area contributed by atoms with Gasteiger partial charge in [0.15, 0.2) is 0 Å². The summed E-state index contributed by atoms with van der Waals surface area (Å²) in [6.45, 7) is 4.63. The van der Waals surface area contributed by atoms with Crippen LogP contribution in [0.15, 0.2) is 24.3 Å². The van der Waals surface area contributed by atoms with Crippen molar-refractivity contribution in [3.05, 3.63) is 29.8 Å². The van der Waals surface area contributed by atoms with E-state index in [2.05, 4.69) is 13.8 Å². The highest BCUT2D eigenvalue weighted by molar-refractivity contribution is 5.39. The Morgan fingerprint density at radius 1 is 1.16 bits per heavy atom. The van der Waals surface area contributed by atoms with Gasteiger partial charge in [-0.3, -0.25) is 0 Å². The number of ether oxygens (including phenoxy) is 1. The van der Waals surface area contributed by atoms with Crippen LogP contribution in [0.3, 0.4) is 0 Å². The quantitative estimate of drug-likeness (QED) is 0.529. The molecule has 3 heteroatoms. The molecule has 3 nitrogen and oxygen atoms in total. The predicted octanol–water partition coefficient (Wildman–Crippen LogP) is 3.68. The molecule has 0 heterocycles. The summed E-state index contributed by atoms with van der Waals surface area (Å²) in [6, 6.07) is 7.28. The second-order valence-corrected chi connectivity index (χ2v) is 5.18. The Hall–Kier alpha value is -1.06. The summed E-state index contributed by atoms with van der Waals surface area (Å²) in [5.74, 6) is 0. The molecule has 2 unspecified atom stereocenters. The lowest BCUT2D eigenvalue weighted by Crippen LogP contribution is -2.14. The first-order valence-electron chi connectivity index (χ1n) is 7.28. The van der Waals surface area contributed by atoms with E-state index in [1.54, 1.807) is 12.1 Å². The molecule has 0 spiro atoms. The molecule has 1 aromatic rings. The topological polar surface area (TPSA) is 55.5 Å². The summed E-state index contributed by atoms with van der Waals surface area (Å²) in [7, 11) is 0. The van der Waals surface area contributed by atoms with Gasteiger partial charge in [0.05, 0.1) is 12.7 Å². The molecule has 0 saturated heterocycles. The fourth-order valence-electron chi connectivity index (χ4n) is 2.01. The lowest BCUT2D eigenvalue weighted by Gasteiger charge is -2.16. The summed E-state index contributed by atoms with van der Waals surface area (Å²) in [5.41, 5.74) is 7.18. The lowest BCUT2D eigenvalue weighted by molar-refractivity contribution is -0.00650. The predicted molar refractivity (Wildman–Crippen MR) is 80.0 cm³/mol. The van der Waals surface area contributed by atoms with Gasteiger partial charge in [-0.15, -0.1) is 0 Å². The highest BCUT2D eigenvalue weighted by Crippen LogP contribution is 2.16. The van der Waals surface area contributed by atoms with Crippen LogP contribution in [0.5, 0.6) is 0 Å². The van der Waals surface area contributed by atoms with Crippen molar-refractivity contribution in [2.45, 2.75) is 58.2 Å². The molecule has 1 rings (SSSR count). The number of anilines is 1. The fourth-order valence-corrected chi connectivity index (χ4v) is 2.01. The van der Waals surface area contributed by atoms with E-state index < -0.39 is 6.10 Å². The van der Waals surface area contributed by atoms with Gasteiger partial charge in [-0.1, -0.05) is 44.7 Å². The molecular formula is C16H27NO2. The van der Waals surface area contributed by atoms with Crippen molar-refractivity contribution in [2.24, 2.45) is 0 Å². The zero-order valence-corrected chi connectivity index (χ0v) is 12.1. The third-order valence-electron chi connectivity index (χ3n) is 3.32. The van der Waals surface area contributed by atoms with Gasteiger partial charge in [0.25, 0.3) is 0 Å². The minimum Gasteiger partial charge on any atom is -0.399 e. The van der Waals surface area contributed by atoms with E-state index in [1.807, 2.05) is 12.1 Å². The van der Waals surface area contributed by atoms with Crippen molar-refractivity contribution in [2.75, 3.05) is 12.3 Å². The van der Waals surface area contributed by atoms with Crippen LogP contribution in [0, 0.1) is 0 Å². The van der Waals surface area contributed by atoms with E-state index in [-0.39, 0.29) is 6.10 Å². The SMILES string of the molecule is CCCCCCC(C)OCC(O)c1ccc(N)cc1. The van der Waals surface area contributed by atoms with E-state index in [1.165, 1.54) is 25.7 Å². The number of unbranched alkanes of at least 4 members (excludes halogenated alkanes) is 3. The number of rotatable bonds is 9. The molecule has 0 aliphatic rings. The highest BCUT2D eigenvalue weighted by Gasteiger charge is 2.10. The summed E-state index contributed by atoms with van der Waals surface area (Å²) in [5, 5.41) is 10.0. The van der Waals surface area contributed by atoms with E-state index in [4.69, 9.17) is 10.5 Å². The van der Waals surface area contributed by atoms with Crippen LogP contribution in [0.25, 0.3) is 0 Å². The van der Waals surface area contributed by atoms with Crippen molar-refractivity contribution in [3.8, 4) is 0 Å². The number of hydrogen-bond donors (Lipinski definition) is 2. The van der Waals surface area contributed by atoms with Crippen LogP contribution in [0.2, 0.25) is 0 Å². The van der Waals surface area contributed by atoms with Gasteiger partial charge < -0.3 is 15.6 Å². The minimum atomic E-state index is -0.571. The molecule has 3 N–H and O–H groups in total. The third-order valence-corrected chi connectivity index (χ3v) is 3.32. The van der Waals surface area contributed by atoms with Crippen LogP contribution < -0.4 is 5.73 Å². The smallest absolute Gasteiger partial charge is 0.102 e. The zero-order chi connectivity index (χ0) is 14.1. The van der Waals surface area contributed by atoms with Crippen LogP contribution in [0.4, 0.5) is 5.69 Å². The largest absolute Gasteiger partial charge is 0.399 e. The lowest BCUT2D eigenvalue weighted by atomic mass is 10.1. The summed E-state index contributed by atoms with van der Waals surface area (Å²) >= 11 is 0. The highest BCUT2D eigenvalue weighted by atomic mass is 16.5. The molecule has 2 atom stereocenters. The van der Waals surface area contributed by atoms with E-state index in [0.29, 0.717) is 12.3 Å². The standard InChI is InChI=1S/C16H27NO2/c1-3-4-5-6-7-13(2)19-12-16(18)14-8-10-15(17)11-9-14/h8-11,13,16,18H,3-7,12,17H2,1-2H3. The first kappa shape index (κ1) is 16.0. The van der Waals surface area contributed by atoms with Crippen molar-refractivity contribution >= 4 is 5.69 Å². The summed E-state index contributed by atoms with van der Waals surface area (Å²) in [6.07, 6.45) is 5.72. The Balaban J connectivity index is 2.22. The number of aliphatic hydroxyl groups excluding tert-OH is 1. The number of aliphatic hydroxyl groups is 1. The van der Waals surface area contributed by atoms with Gasteiger partial charge in [0.2, 0.25) is 0 Å². The average Bonchev–Trinajstić information content (AvgIpc) is 2.42. The molecule has 0 amide bonds. The Kier molecular flexibility index (Phi) is 7.53. The summed E-state index contributed by atoms with van der Waals surface area (Å²) in [4.78, 5) is 0. The molecule has 1 aromatic carbocycles. The van der Waals surface area contributed by atoms with Crippen molar-refractivity contribution in [1.29, 1.82) is 0 Å². The Labute approximate surface area is 116 Å². The second kappa shape index (κ2) is 8.94. The van der Waals surface area contributed by atoms with E-state index in [9.17, 15) is 5.11 Å². The first-order chi connectivity index (χ1) is 9.13. The van der Waals surface area contributed by atoms with Crippen LogP contribution in [-0.4, -0.2) is 17.8 Å². The van der Waals surface area contributed by atoms with Gasteiger partial charge in [0, 0.05) is 5.69 Å². The van der Waals surface area contributed by atoms with Gasteiger partial charge in [-0.2, -0.15) is 0 Å². The first-order valence-corrected chi connectivity index (χ1v) is 7.28. The normalized spacial score (nSPS) is 14.3. The number of nitrogens with two attached hydrogens (primary N) is 1. The van der Waals surface area contributed by atoms with Crippen LogP contribution in [0.1, 0.15) is 57.6 Å². The molecule has 19 heavy (non-hydrogen) atoms. The number of benzene rings is 1. The zero-order valence-electron chi connectivity index (χ0n) is 12.1. The molecule has 108 valence electrons. The van der Waals surface area contributed by atoms with Gasteiger partial charge in [0.1, 0.15) is 6.10 Å². The molecule has 0 fully saturated rings. The van der Waals surface area contributed by atoms with Crippen molar-refractivity contribution in [3.63, 3.8) is 0 Å². The maximum Gasteiger partial charge on any atom is 0.102 e. The van der Waals surface area contributed by atoms with E-state index >= 15 is 0 Å². The monoisotopic (exact) mass is 265 g/mol. The molecule has 0 saturated carbocycles. The van der Waals surface area contributed by atoms with Gasteiger partial charge >= 0.3 is 0 Å². The maximum atomic E-state index is 10.0. The maximum absolute atomic E-state index is 10.0. The number of nitrogen functional groups attached to an aromatic ring is 1. The third kappa shape index (κ3) is 6.60. The molecule has 0 aliphatic heterocycles. The molecule has 0 radical (unpaired) electrons. The molecule has 0 aliphatic carbocycles. The second-order valence-electron chi connectivity index (χ2n) is 5.18. The summed E-state index contributed by atoms with van der Waals surface area (Å²) < 4.78 is 5.69. The van der Waals surface area contributed by atoms with Crippen molar-refractivity contribution in [1.82, 2.24) is 0 Å². The Morgan fingerprint density at radius 2 is 1.84 bits per heavy atom. The molecule has 0 aromatic heterocycles. The number of hydrogen-bond acceptors (Lipinski definition) is 3. The minimum absolute atomic E-state index is 0.209. The Bertz CT molecular complexity index is 337. The average molecular weight is 265 g/mol. The van der Waals surface area contributed by atoms with Crippen LogP contribution in [-0.2, 0) is 4.74 Å². The molecule has 0 bridgehead atoms. The van der Waals surface area contributed by atoms with Crippen molar-refractivity contribution < 1.29 is 9.84 Å².